The molecule has 3 fully saturated rings. The van der Waals surface area contributed by atoms with Crippen LogP contribution < -0.4 is 5.32 Å². The molecule has 1 saturated carbocycles. The van der Waals surface area contributed by atoms with Crippen LogP contribution in [-0.2, 0) is 4.74 Å². The smallest absolute Gasteiger partial charge is 0.0600 e. The molecule has 3 nitrogen and oxygen atoms in total. The minimum absolute atomic E-state index is 0.524. The minimum Gasteiger partial charge on any atom is -0.377 e. The largest absolute Gasteiger partial charge is 0.377 e. The summed E-state index contributed by atoms with van der Waals surface area (Å²) >= 11 is 0. The lowest BCUT2D eigenvalue weighted by Gasteiger charge is -2.52. The van der Waals surface area contributed by atoms with Crippen molar-refractivity contribution in [3.8, 4) is 0 Å². The van der Waals surface area contributed by atoms with E-state index in [9.17, 15) is 0 Å². The molecule has 2 heterocycles. The summed E-state index contributed by atoms with van der Waals surface area (Å²) in [5.74, 6) is 0. The van der Waals surface area contributed by atoms with Gasteiger partial charge in [0.15, 0.2) is 0 Å². The van der Waals surface area contributed by atoms with Crippen LogP contribution in [0, 0.1) is 5.41 Å². The first-order valence-corrected chi connectivity index (χ1v) is 7.91. The van der Waals surface area contributed by atoms with E-state index in [0.717, 1.165) is 31.7 Å². The lowest BCUT2D eigenvalue weighted by Crippen LogP contribution is -2.57. The summed E-state index contributed by atoms with van der Waals surface area (Å²) in [6, 6.07) is 0. The molecule has 0 atom stereocenters. The maximum absolute atomic E-state index is 5.98. The molecule has 3 aliphatic rings. The molecule has 3 heteroatoms. The van der Waals surface area contributed by atoms with Gasteiger partial charge >= 0.3 is 0 Å². The zero-order valence-electron chi connectivity index (χ0n) is 11.6. The van der Waals surface area contributed by atoms with Gasteiger partial charge in [0, 0.05) is 19.6 Å². The Hall–Kier alpha value is -0.120. The van der Waals surface area contributed by atoms with Crippen molar-refractivity contribution in [2.45, 2.75) is 51.0 Å². The average Bonchev–Trinajstić information content (AvgIpc) is 2.39. The number of likely N-dealkylation sites (tertiary alicyclic amines) is 1. The number of nitrogens with one attached hydrogen (secondary N) is 1. The standard InChI is InChI=1S/C15H28N2O/c1-2-6-15(7-3-1)12-17(13-15)10-11-18-14-4-8-16-9-5-14/h14,16H,1-13H2. The Balaban J connectivity index is 1.29. The molecule has 2 aliphatic heterocycles. The molecule has 1 aliphatic carbocycles. The van der Waals surface area contributed by atoms with Crippen LogP contribution in [0.2, 0.25) is 0 Å². The second-order valence-electron chi connectivity index (χ2n) is 6.59. The molecule has 18 heavy (non-hydrogen) atoms. The Morgan fingerprint density at radius 3 is 2.50 bits per heavy atom. The van der Waals surface area contributed by atoms with Gasteiger partial charge < -0.3 is 10.1 Å². The summed E-state index contributed by atoms with van der Waals surface area (Å²) in [4.78, 5) is 2.60. The summed E-state index contributed by atoms with van der Waals surface area (Å²) in [6.07, 6.45) is 10.3. The molecule has 0 aromatic rings. The van der Waals surface area contributed by atoms with E-state index < -0.39 is 0 Å². The monoisotopic (exact) mass is 252 g/mol. The maximum atomic E-state index is 5.98. The Morgan fingerprint density at radius 2 is 1.78 bits per heavy atom. The van der Waals surface area contributed by atoms with Crippen molar-refractivity contribution in [2.75, 3.05) is 39.3 Å². The van der Waals surface area contributed by atoms with Crippen LogP contribution in [0.1, 0.15) is 44.9 Å². The highest BCUT2D eigenvalue weighted by Gasteiger charge is 2.42. The third-order valence-corrected chi connectivity index (χ3v) is 5.08. The quantitative estimate of drug-likeness (QED) is 0.828. The highest BCUT2D eigenvalue weighted by molar-refractivity contribution is 4.96. The summed E-state index contributed by atoms with van der Waals surface area (Å²) in [7, 11) is 0. The van der Waals surface area contributed by atoms with E-state index in [1.165, 1.54) is 58.0 Å². The van der Waals surface area contributed by atoms with Gasteiger partial charge in [-0.3, -0.25) is 4.90 Å². The van der Waals surface area contributed by atoms with Crippen molar-refractivity contribution in [1.82, 2.24) is 10.2 Å². The van der Waals surface area contributed by atoms with E-state index in [0.29, 0.717) is 6.10 Å². The lowest BCUT2D eigenvalue weighted by atomic mass is 9.69. The van der Waals surface area contributed by atoms with Crippen LogP contribution in [0.15, 0.2) is 0 Å². The summed E-state index contributed by atoms with van der Waals surface area (Å²) < 4.78 is 5.98. The number of hydrogen-bond donors (Lipinski definition) is 1. The first-order chi connectivity index (χ1) is 8.86. The second kappa shape index (κ2) is 5.89. The summed E-state index contributed by atoms with van der Waals surface area (Å²) in [5.41, 5.74) is 0.729. The minimum atomic E-state index is 0.524. The van der Waals surface area contributed by atoms with Crippen LogP contribution in [-0.4, -0.2) is 50.3 Å². The molecular formula is C15H28N2O. The molecule has 0 aromatic heterocycles. The van der Waals surface area contributed by atoms with Gasteiger partial charge in [0.1, 0.15) is 0 Å². The fourth-order valence-electron chi connectivity index (χ4n) is 3.99. The van der Waals surface area contributed by atoms with E-state index in [2.05, 4.69) is 10.2 Å². The average molecular weight is 252 g/mol. The van der Waals surface area contributed by atoms with Crippen molar-refractivity contribution in [2.24, 2.45) is 5.41 Å². The van der Waals surface area contributed by atoms with E-state index in [-0.39, 0.29) is 0 Å². The predicted molar refractivity (Wildman–Crippen MR) is 73.8 cm³/mol. The van der Waals surface area contributed by atoms with Gasteiger partial charge in [-0.25, -0.2) is 0 Å². The molecule has 3 rings (SSSR count). The molecule has 1 spiro atoms. The predicted octanol–water partition coefficient (Wildman–Crippen LogP) is 2.02. The second-order valence-corrected chi connectivity index (χ2v) is 6.59. The Labute approximate surface area is 111 Å². The Kier molecular flexibility index (Phi) is 4.22. The molecule has 1 N–H and O–H groups in total. The van der Waals surface area contributed by atoms with Crippen molar-refractivity contribution in [3.05, 3.63) is 0 Å². The number of ether oxygens (including phenoxy) is 1. The van der Waals surface area contributed by atoms with Crippen LogP contribution in [0.5, 0.6) is 0 Å². The van der Waals surface area contributed by atoms with Crippen molar-refractivity contribution < 1.29 is 4.74 Å². The molecular weight excluding hydrogens is 224 g/mol. The highest BCUT2D eigenvalue weighted by Crippen LogP contribution is 2.43. The normalized spacial score (nSPS) is 29.3. The van der Waals surface area contributed by atoms with Crippen LogP contribution >= 0.6 is 0 Å². The zero-order valence-corrected chi connectivity index (χ0v) is 11.6. The number of nitrogens with zero attached hydrogens (tertiary/aromatic N) is 1. The summed E-state index contributed by atoms with van der Waals surface area (Å²) in [5, 5.41) is 3.38. The third-order valence-electron chi connectivity index (χ3n) is 5.08. The molecule has 0 amide bonds. The Bertz CT molecular complexity index is 249. The lowest BCUT2D eigenvalue weighted by molar-refractivity contribution is -0.0538. The van der Waals surface area contributed by atoms with Gasteiger partial charge in [-0.2, -0.15) is 0 Å². The molecule has 0 aromatic carbocycles. The first-order valence-electron chi connectivity index (χ1n) is 7.91. The molecule has 0 radical (unpaired) electrons. The van der Waals surface area contributed by atoms with Crippen LogP contribution in [0.3, 0.4) is 0 Å². The molecule has 0 bridgehead atoms. The van der Waals surface area contributed by atoms with Crippen molar-refractivity contribution in [1.29, 1.82) is 0 Å². The third kappa shape index (κ3) is 3.06. The number of hydrogen-bond acceptors (Lipinski definition) is 3. The SMILES string of the molecule is C1CCC2(CC1)CN(CCOC1CCNCC1)C2. The van der Waals surface area contributed by atoms with Crippen molar-refractivity contribution in [3.63, 3.8) is 0 Å². The van der Waals surface area contributed by atoms with Gasteiger partial charge in [0.25, 0.3) is 0 Å². The first kappa shape index (κ1) is 12.9. The summed E-state index contributed by atoms with van der Waals surface area (Å²) in [6.45, 7) is 7.08. The highest BCUT2D eigenvalue weighted by atomic mass is 16.5. The van der Waals surface area contributed by atoms with Gasteiger partial charge in [0.2, 0.25) is 0 Å². The van der Waals surface area contributed by atoms with Crippen LogP contribution in [0.25, 0.3) is 0 Å². The Morgan fingerprint density at radius 1 is 1.06 bits per heavy atom. The van der Waals surface area contributed by atoms with E-state index >= 15 is 0 Å². The molecule has 104 valence electrons. The molecule has 2 saturated heterocycles. The number of piperidine rings is 1. The van der Waals surface area contributed by atoms with E-state index in [1.54, 1.807) is 0 Å². The van der Waals surface area contributed by atoms with Gasteiger partial charge in [-0.1, -0.05) is 19.3 Å². The van der Waals surface area contributed by atoms with Gasteiger partial charge in [-0.15, -0.1) is 0 Å². The fraction of sp³-hybridized carbons (Fsp3) is 1.00. The van der Waals surface area contributed by atoms with Crippen LogP contribution in [0.4, 0.5) is 0 Å². The van der Waals surface area contributed by atoms with Gasteiger partial charge in [-0.05, 0) is 44.2 Å². The van der Waals surface area contributed by atoms with Crippen molar-refractivity contribution >= 4 is 0 Å². The van der Waals surface area contributed by atoms with E-state index in [1.807, 2.05) is 0 Å². The maximum Gasteiger partial charge on any atom is 0.0600 e. The van der Waals surface area contributed by atoms with E-state index in [4.69, 9.17) is 4.74 Å². The molecule has 0 unspecified atom stereocenters. The van der Waals surface area contributed by atoms with Gasteiger partial charge in [0.05, 0.1) is 12.7 Å². The number of rotatable bonds is 4. The fourth-order valence-corrected chi connectivity index (χ4v) is 3.99. The topological polar surface area (TPSA) is 24.5 Å². The zero-order chi connectivity index (χ0) is 12.3.